The van der Waals surface area contributed by atoms with Crippen LogP contribution in [0.15, 0.2) is 0 Å². The summed E-state index contributed by atoms with van der Waals surface area (Å²) in [6.07, 6.45) is 3.25. The van der Waals surface area contributed by atoms with Crippen LogP contribution in [0.2, 0.25) is 0 Å². The zero-order valence-corrected chi connectivity index (χ0v) is 9.42. The van der Waals surface area contributed by atoms with Crippen LogP contribution in [-0.4, -0.2) is 34.2 Å². The third-order valence-corrected chi connectivity index (χ3v) is 3.28. The largest absolute Gasteiger partial charge is 0.451 e. The molecule has 2 fully saturated rings. The maximum atomic E-state index is 11.7. The van der Waals surface area contributed by atoms with Crippen molar-refractivity contribution in [3.8, 4) is 0 Å². The maximum absolute atomic E-state index is 11.7. The van der Waals surface area contributed by atoms with Crippen LogP contribution in [-0.2, 0) is 19.1 Å². The number of carbonyl (C=O) groups excluding carboxylic acids is 3. The third-order valence-electron chi connectivity index (χ3n) is 3.28. The number of hydrogen-bond acceptors (Lipinski definition) is 5. The Hall–Kier alpha value is -1.43. The van der Waals surface area contributed by atoms with Crippen molar-refractivity contribution in [1.29, 1.82) is 0 Å². The van der Waals surface area contributed by atoms with Gasteiger partial charge in [0.2, 0.25) is 0 Å². The Bertz CT molecular complexity index is 348. The van der Waals surface area contributed by atoms with E-state index in [1.165, 1.54) is 0 Å². The summed E-state index contributed by atoms with van der Waals surface area (Å²) in [5.41, 5.74) is 0. The van der Waals surface area contributed by atoms with E-state index in [0.717, 1.165) is 32.1 Å². The minimum Gasteiger partial charge on any atom is -0.451 e. The van der Waals surface area contributed by atoms with Gasteiger partial charge in [0.25, 0.3) is 11.8 Å². The van der Waals surface area contributed by atoms with E-state index in [1.54, 1.807) is 0 Å². The standard InChI is InChI=1S/C11H15NO5/c13-9-6-8(10(14)12(9)16)17-11(15)7-4-2-1-3-5-7/h7-8,16H,1-6H2. The fourth-order valence-electron chi connectivity index (χ4n) is 2.26. The number of esters is 1. The van der Waals surface area contributed by atoms with Crippen molar-refractivity contribution in [3.05, 3.63) is 0 Å². The summed E-state index contributed by atoms with van der Waals surface area (Å²) in [5, 5.41) is 9.03. The topological polar surface area (TPSA) is 83.9 Å². The van der Waals surface area contributed by atoms with Crippen LogP contribution in [0.4, 0.5) is 0 Å². The number of carbonyl (C=O) groups is 3. The quantitative estimate of drug-likeness (QED) is 0.435. The summed E-state index contributed by atoms with van der Waals surface area (Å²) in [5.74, 6) is -2.17. The van der Waals surface area contributed by atoms with Gasteiger partial charge in [-0.25, -0.2) is 0 Å². The molecule has 2 amide bonds. The molecule has 6 heteroatoms. The van der Waals surface area contributed by atoms with Crippen molar-refractivity contribution < 1.29 is 24.3 Å². The molecule has 0 radical (unpaired) electrons. The van der Waals surface area contributed by atoms with Crippen molar-refractivity contribution in [1.82, 2.24) is 5.06 Å². The van der Waals surface area contributed by atoms with Gasteiger partial charge >= 0.3 is 5.97 Å². The molecule has 94 valence electrons. The lowest BCUT2D eigenvalue weighted by molar-refractivity contribution is -0.177. The maximum Gasteiger partial charge on any atom is 0.309 e. The Balaban J connectivity index is 1.90. The second-order valence-electron chi connectivity index (χ2n) is 4.51. The van der Waals surface area contributed by atoms with Gasteiger partial charge in [0, 0.05) is 0 Å². The summed E-state index contributed by atoms with van der Waals surface area (Å²) < 4.78 is 4.99. The number of ether oxygens (including phenoxy) is 1. The molecule has 0 aromatic heterocycles. The van der Waals surface area contributed by atoms with Crippen LogP contribution in [0.5, 0.6) is 0 Å². The molecule has 1 saturated heterocycles. The second-order valence-corrected chi connectivity index (χ2v) is 4.51. The second kappa shape index (κ2) is 4.83. The van der Waals surface area contributed by atoms with E-state index in [-0.39, 0.29) is 17.4 Å². The smallest absolute Gasteiger partial charge is 0.309 e. The van der Waals surface area contributed by atoms with Crippen molar-refractivity contribution in [2.24, 2.45) is 5.92 Å². The molecule has 2 aliphatic rings. The zero-order chi connectivity index (χ0) is 12.4. The SMILES string of the molecule is O=C(OC1CC(=O)N(O)C1=O)C1CCCCC1. The first-order valence-electron chi connectivity index (χ1n) is 5.86. The van der Waals surface area contributed by atoms with Crippen LogP contribution < -0.4 is 0 Å². The highest BCUT2D eigenvalue weighted by molar-refractivity contribution is 6.04. The summed E-state index contributed by atoms with van der Waals surface area (Å²) in [6.45, 7) is 0. The first kappa shape index (κ1) is 12.0. The number of imide groups is 1. The highest BCUT2D eigenvalue weighted by atomic mass is 16.6. The Morgan fingerprint density at radius 1 is 1.24 bits per heavy atom. The van der Waals surface area contributed by atoms with Crippen LogP contribution in [0.1, 0.15) is 38.5 Å². The van der Waals surface area contributed by atoms with E-state index >= 15 is 0 Å². The molecule has 17 heavy (non-hydrogen) atoms. The fraction of sp³-hybridized carbons (Fsp3) is 0.727. The summed E-state index contributed by atoms with van der Waals surface area (Å²) in [6, 6.07) is 0. The van der Waals surface area contributed by atoms with E-state index in [2.05, 4.69) is 0 Å². The number of hydroxylamine groups is 2. The van der Waals surface area contributed by atoms with Crippen LogP contribution in [0, 0.1) is 5.92 Å². The first-order valence-corrected chi connectivity index (χ1v) is 5.86. The average Bonchev–Trinajstić information content (AvgIpc) is 2.58. The van der Waals surface area contributed by atoms with E-state index < -0.39 is 23.9 Å². The van der Waals surface area contributed by atoms with Crippen molar-refractivity contribution >= 4 is 17.8 Å². The zero-order valence-electron chi connectivity index (χ0n) is 9.42. The van der Waals surface area contributed by atoms with Gasteiger partial charge in [-0.05, 0) is 12.8 Å². The number of hydrogen-bond donors (Lipinski definition) is 1. The van der Waals surface area contributed by atoms with Gasteiger partial charge in [0.05, 0.1) is 12.3 Å². The Labute approximate surface area is 98.5 Å². The molecule has 1 aliphatic carbocycles. The number of amides is 2. The third kappa shape index (κ3) is 2.46. The Morgan fingerprint density at radius 3 is 2.41 bits per heavy atom. The van der Waals surface area contributed by atoms with Gasteiger partial charge in [-0.15, -0.1) is 0 Å². The average molecular weight is 241 g/mol. The highest BCUT2D eigenvalue weighted by Gasteiger charge is 2.41. The minimum absolute atomic E-state index is 0.0266. The molecule has 2 rings (SSSR count). The molecule has 1 atom stereocenters. The van der Waals surface area contributed by atoms with Gasteiger partial charge in [-0.2, -0.15) is 5.06 Å². The van der Waals surface area contributed by atoms with Crippen LogP contribution >= 0.6 is 0 Å². The van der Waals surface area contributed by atoms with Crippen molar-refractivity contribution in [3.63, 3.8) is 0 Å². The minimum atomic E-state index is -1.14. The van der Waals surface area contributed by atoms with E-state index in [1.807, 2.05) is 0 Å². The molecular weight excluding hydrogens is 226 g/mol. The normalized spacial score (nSPS) is 26.4. The summed E-state index contributed by atoms with van der Waals surface area (Å²) in [7, 11) is 0. The molecule has 0 spiro atoms. The van der Waals surface area contributed by atoms with E-state index in [9.17, 15) is 14.4 Å². The van der Waals surface area contributed by atoms with Gasteiger partial charge in [-0.1, -0.05) is 19.3 Å². The van der Waals surface area contributed by atoms with Gasteiger partial charge in [0.15, 0.2) is 6.10 Å². The molecule has 1 saturated carbocycles. The Kier molecular flexibility index (Phi) is 3.42. The van der Waals surface area contributed by atoms with Crippen LogP contribution in [0.25, 0.3) is 0 Å². The van der Waals surface area contributed by atoms with Gasteiger partial charge in [0.1, 0.15) is 0 Å². The fourth-order valence-corrected chi connectivity index (χ4v) is 2.26. The predicted molar refractivity (Wildman–Crippen MR) is 54.7 cm³/mol. The first-order chi connectivity index (χ1) is 8.09. The molecule has 1 unspecified atom stereocenters. The summed E-state index contributed by atoms with van der Waals surface area (Å²) in [4.78, 5) is 34.1. The van der Waals surface area contributed by atoms with Crippen LogP contribution in [0.3, 0.4) is 0 Å². The molecule has 0 aromatic carbocycles. The lowest BCUT2D eigenvalue weighted by Crippen LogP contribution is -2.33. The summed E-state index contributed by atoms with van der Waals surface area (Å²) >= 11 is 0. The monoisotopic (exact) mass is 241 g/mol. The number of rotatable bonds is 2. The highest BCUT2D eigenvalue weighted by Crippen LogP contribution is 2.26. The van der Waals surface area contributed by atoms with E-state index in [0.29, 0.717) is 0 Å². The molecule has 0 bridgehead atoms. The predicted octanol–water partition coefficient (Wildman–Crippen LogP) is 0.627. The molecular formula is C11H15NO5. The number of nitrogens with zero attached hydrogens (tertiary/aromatic N) is 1. The van der Waals surface area contributed by atoms with E-state index in [4.69, 9.17) is 9.94 Å². The lowest BCUT2D eigenvalue weighted by atomic mass is 9.89. The molecule has 1 N–H and O–H groups in total. The lowest BCUT2D eigenvalue weighted by Gasteiger charge is -2.21. The molecule has 6 nitrogen and oxygen atoms in total. The molecule has 1 aliphatic heterocycles. The molecule has 1 heterocycles. The molecule has 0 aromatic rings. The van der Waals surface area contributed by atoms with Crippen molar-refractivity contribution in [2.75, 3.05) is 0 Å². The van der Waals surface area contributed by atoms with Gasteiger partial charge < -0.3 is 4.74 Å². The van der Waals surface area contributed by atoms with Gasteiger partial charge in [-0.3, -0.25) is 19.6 Å². The Morgan fingerprint density at radius 2 is 1.88 bits per heavy atom. The van der Waals surface area contributed by atoms with Crippen molar-refractivity contribution in [2.45, 2.75) is 44.6 Å².